The minimum Gasteiger partial charge on any atom is -0.469 e. The average Bonchev–Trinajstić information content (AvgIpc) is 2.84. The second-order valence-electron chi connectivity index (χ2n) is 3.99. The van der Waals surface area contributed by atoms with Crippen LogP contribution in [0.1, 0.15) is 12.2 Å². The minimum absolute atomic E-state index is 0.0810. The predicted molar refractivity (Wildman–Crippen MR) is 81.9 cm³/mol. The molecule has 0 aliphatic heterocycles. The molecule has 0 fully saturated rings. The molecule has 2 aromatic rings. The molecule has 0 saturated heterocycles. The molecule has 3 N–H and O–H groups in total. The van der Waals surface area contributed by atoms with Crippen molar-refractivity contribution in [2.45, 2.75) is 12.8 Å². The summed E-state index contributed by atoms with van der Waals surface area (Å²) in [6.07, 6.45) is 2.53. The van der Waals surface area contributed by atoms with Gasteiger partial charge < -0.3 is 15.5 Å². The smallest absolute Gasteiger partial charge is 0.224 e. The third kappa shape index (κ3) is 3.84. The molecule has 4 nitrogen and oxygen atoms in total. The van der Waals surface area contributed by atoms with Gasteiger partial charge in [-0.1, -0.05) is 0 Å². The van der Waals surface area contributed by atoms with Crippen molar-refractivity contribution in [3.05, 3.63) is 45.2 Å². The zero-order valence-corrected chi connectivity index (χ0v) is 13.1. The molecule has 2 rings (SSSR count). The fraction of sp³-hybridized carbons (Fsp3) is 0.154. The molecule has 100 valence electrons. The van der Waals surface area contributed by atoms with Gasteiger partial charge in [-0.15, -0.1) is 0 Å². The van der Waals surface area contributed by atoms with Gasteiger partial charge in [0.2, 0.25) is 5.91 Å². The number of nitrogens with one attached hydrogen (secondary N) is 1. The van der Waals surface area contributed by atoms with E-state index in [1.165, 1.54) is 0 Å². The number of hydrogen-bond donors (Lipinski definition) is 2. The van der Waals surface area contributed by atoms with Crippen LogP contribution in [0, 0.1) is 0 Å². The molecule has 0 saturated carbocycles. The Morgan fingerprint density at radius 2 is 2.00 bits per heavy atom. The molecule has 1 heterocycles. The first kappa shape index (κ1) is 14.1. The molecule has 6 heteroatoms. The number of benzene rings is 1. The Labute approximate surface area is 127 Å². The Balaban J connectivity index is 1.99. The summed E-state index contributed by atoms with van der Waals surface area (Å²) in [5, 5.41) is 2.84. The fourth-order valence-corrected chi connectivity index (χ4v) is 3.03. The van der Waals surface area contributed by atoms with Gasteiger partial charge in [0.05, 0.1) is 12.0 Å². The van der Waals surface area contributed by atoms with E-state index in [1.807, 2.05) is 6.07 Å². The molecule has 1 amide bonds. The SMILES string of the molecule is Nc1cc(Br)c(NC(=O)CCc2ccco2)c(Br)c1. The van der Waals surface area contributed by atoms with Gasteiger partial charge in [-0.2, -0.15) is 0 Å². The minimum atomic E-state index is -0.0810. The second kappa shape index (κ2) is 6.25. The highest BCUT2D eigenvalue weighted by atomic mass is 79.9. The highest BCUT2D eigenvalue weighted by Gasteiger charge is 2.11. The van der Waals surface area contributed by atoms with Crippen LogP contribution < -0.4 is 11.1 Å². The van der Waals surface area contributed by atoms with Crippen molar-refractivity contribution in [3.63, 3.8) is 0 Å². The van der Waals surface area contributed by atoms with Crippen LogP contribution in [0.5, 0.6) is 0 Å². The van der Waals surface area contributed by atoms with E-state index in [2.05, 4.69) is 37.2 Å². The maximum Gasteiger partial charge on any atom is 0.224 e. The summed E-state index contributed by atoms with van der Waals surface area (Å²) in [6.45, 7) is 0. The number of aryl methyl sites for hydroxylation is 1. The van der Waals surface area contributed by atoms with Crippen molar-refractivity contribution in [2.24, 2.45) is 0 Å². The first-order valence-corrected chi connectivity index (χ1v) is 7.21. The predicted octanol–water partition coefficient (Wildman–Crippen LogP) is 3.96. The van der Waals surface area contributed by atoms with Crippen LogP contribution in [-0.4, -0.2) is 5.91 Å². The van der Waals surface area contributed by atoms with Gasteiger partial charge >= 0.3 is 0 Å². The van der Waals surface area contributed by atoms with Crippen molar-refractivity contribution in [1.29, 1.82) is 0 Å². The number of amides is 1. The summed E-state index contributed by atoms with van der Waals surface area (Å²) in [6, 6.07) is 7.14. The maximum atomic E-state index is 11.9. The standard InChI is InChI=1S/C13H12Br2N2O2/c14-10-6-8(16)7-11(15)13(10)17-12(18)4-3-9-2-1-5-19-9/h1-2,5-7H,3-4,16H2,(H,17,18). The first-order valence-electron chi connectivity index (χ1n) is 5.63. The van der Waals surface area contributed by atoms with Crippen LogP contribution in [0.25, 0.3) is 0 Å². The van der Waals surface area contributed by atoms with Gasteiger partial charge in [0.1, 0.15) is 5.76 Å². The fourth-order valence-electron chi connectivity index (χ4n) is 1.61. The number of hydrogen-bond acceptors (Lipinski definition) is 3. The first-order chi connectivity index (χ1) is 9.06. The summed E-state index contributed by atoms with van der Waals surface area (Å²) < 4.78 is 6.67. The van der Waals surface area contributed by atoms with Crippen molar-refractivity contribution >= 4 is 49.1 Å². The molecular formula is C13H12Br2N2O2. The van der Waals surface area contributed by atoms with E-state index in [-0.39, 0.29) is 5.91 Å². The van der Waals surface area contributed by atoms with E-state index in [0.29, 0.717) is 24.2 Å². The number of furan rings is 1. The molecule has 0 aliphatic carbocycles. The Hall–Kier alpha value is -1.27. The highest BCUT2D eigenvalue weighted by Crippen LogP contribution is 2.33. The van der Waals surface area contributed by atoms with Crippen molar-refractivity contribution in [3.8, 4) is 0 Å². The number of nitrogens with two attached hydrogens (primary N) is 1. The van der Waals surface area contributed by atoms with Gasteiger partial charge in [0, 0.05) is 27.5 Å². The van der Waals surface area contributed by atoms with Crippen molar-refractivity contribution in [1.82, 2.24) is 0 Å². The van der Waals surface area contributed by atoms with Crippen LogP contribution >= 0.6 is 31.9 Å². The number of rotatable bonds is 4. The average molecular weight is 388 g/mol. The van der Waals surface area contributed by atoms with E-state index in [1.54, 1.807) is 24.5 Å². The highest BCUT2D eigenvalue weighted by molar-refractivity contribution is 9.11. The lowest BCUT2D eigenvalue weighted by atomic mass is 10.2. The van der Waals surface area contributed by atoms with E-state index in [0.717, 1.165) is 14.7 Å². The molecule has 0 bridgehead atoms. The molecule has 0 spiro atoms. The molecule has 0 unspecified atom stereocenters. The van der Waals surface area contributed by atoms with Gasteiger partial charge in [0.25, 0.3) is 0 Å². The molecule has 0 radical (unpaired) electrons. The second-order valence-corrected chi connectivity index (χ2v) is 5.70. The Morgan fingerprint density at radius 3 is 2.58 bits per heavy atom. The van der Waals surface area contributed by atoms with Gasteiger partial charge in [-0.25, -0.2) is 0 Å². The van der Waals surface area contributed by atoms with Crippen LogP contribution in [0.3, 0.4) is 0 Å². The summed E-state index contributed by atoms with van der Waals surface area (Å²) in [7, 11) is 0. The van der Waals surface area contributed by atoms with E-state index >= 15 is 0 Å². The van der Waals surface area contributed by atoms with E-state index in [4.69, 9.17) is 10.2 Å². The summed E-state index contributed by atoms with van der Waals surface area (Å²) in [5.41, 5.74) is 6.99. The van der Waals surface area contributed by atoms with Gasteiger partial charge in [-0.05, 0) is 56.1 Å². The summed E-state index contributed by atoms with van der Waals surface area (Å²) >= 11 is 6.75. The largest absolute Gasteiger partial charge is 0.469 e. The van der Waals surface area contributed by atoms with Crippen LogP contribution in [-0.2, 0) is 11.2 Å². The van der Waals surface area contributed by atoms with Crippen LogP contribution in [0.4, 0.5) is 11.4 Å². The Morgan fingerprint density at radius 1 is 1.32 bits per heavy atom. The molecule has 0 aliphatic rings. The summed E-state index contributed by atoms with van der Waals surface area (Å²) in [4.78, 5) is 11.9. The third-order valence-electron chi connectivity index (χ3n) is 2.51. The zero-order valence-electron chi connectivity index (χ0n) is 9.95. The molecule has 1 aromatic carbocycles. The zero-order chi connectivity index (χ0) is 13.8. The number of carbonyl (C=O) groups is 1. The Kier molecular flexibility index (Phi) is 4.66. The van der Waals surface area contributed by atoms with Crippen molar-refractivity contribution in [2.75, 3.05) is 11.1 Å². The summed E-state index contributed by atoms with van der Waals surface area (Å²) in [5.74, 6) is 0.716. The monoisotopic (exact) mass is 386 g/mol. The van der Waals surface area contributed by atoms with Crippen LogP contribution in [0.15, 0.2) is 43.9 Å². The van der Waals surface area contributed by atoms with Gasteiger partial charge in [-0.3, -0.25) is 4.79 Å². The molecule has 1 aromatic heterocycles. The quantitative estimate of drug-likeness (QED) is 0.780. The van der Waals surface area contributed by atoms with Gasteiger partial charge in [0.15, 0.2) is 0 Å². The molecular weight excluding hydrogens is 376 g/mol. The third-order valence-corrected chi connectivity index (χ3v) is 3.76. The lowest BCUT2D eigenvalue weighted by molar-refractivity contribution is -0.116. The lowest BCUT2D eigenvalue weighted by Crippen LogP contribution is -2.13. The number of nitrogen functional groups attached to an aromatic ring is 1. The molecule has 0 atom stereocenters. The van der Waals surface area contributed by atoms with E-state index < -0.39 is 0 Å². The van der Waals surface area contributed by atoms with E-state index in [9.17, 15) is 4.79 Å². The Bertz CT molecular complexity index is 559. The lowest BCUT2D eigenvalue weighted by Gasteiger charge is -2.10. The number of carbonyl (C=O) groups excluding carboxylic acids is 1. The molecule has 19 heavy (non-hydrogen) atoms. The number of anilines is 2. The van der Waals surface area contributed by atoms with Crippen molar-refractivity contribution < 1.29 is 9.21 Å². The normalized spacial score (nSPS) is 10.4. The maximum absolute atomic E-state index is 11.9. The topological polar surface area (TPSA) is 68.3 Å². The van der Waals surface area contributed by atoms with Crippen LogP contribution in [0.2, 0.25) is 0 Å². The number of halogens is 2.